The van der Waals surface area contributed by atoms with Gasteiger partial charge in [-0.3, -0.25) is 4.72 Å². The molecule has 1 aliphatic heterocycles. The quantitative estimate of drug-likeness (QED) is 0.723. The summed E-state index contributed by atoms with van der Waals surface area (Å²) in [7, 11) is -3.72. The van der Waals surface area contributed by atoms with Gasteiger partial charge in [-0.25, -0.2) is 5.14 Å². The maximum Gasteiger partial charge on any atom is 0.296 e. The molecule has 1 heterocycles. The molecule has 0 radical (unpaired) electrons. The largest absolute Gasteiger partial charge is 0.381 e. The molecule has 0 saturated heterocycles. The van der Waals surface area contributed by atoms with Crippen molar-refractivity contribution >= 4 is 21.6 Å². The van der Waals surface area contributed by atoms with Crippen LogP contribution in [0.1, 0.15) is 18.9 Å². The van der Waals surface area contributed by atoms with E-state index >= 15 is 0 Å². The van der Waals surface area contributed by atoms with E-state index < -0.39 is 10.2 Å². The van der Waals surface area contributed by atoms with Crippen LogP contribution >= 0.6 is 0 Å². The van der Waals surface area contributed by atoms with Crippen LogP contribution in [0.4, 0.5) is 11.4 Å². The van der Waals surface area contributed by atoms with Gasteiger partial charge >= 0.3 is 0 Å². The molecule has 0 amide bonds. The second kappa shape index (κ2) is 3.95. The highest BCUT2D eigenvalue weighted by atomic mass is 32.2. The SMILES string of the molecule is CC1CCc2cccc(NS(N)(=O)=O)c2N1. The number of aryl methyl sites for hydroxylation is 1. The number of fused-ring (bicyclic) bond motifs is 1. The van der Waals surface area contributed by atoms with E-state index in [-0.39, 0.29) is 0 Å². The first-order chi connectivity index (χ1) is 7.46. The average molecular weight is 241 g/mol. The molecule has 2 rings (SSSR count). The lowest BCUT2D eigenvalue weighted by Crippen LogP contribution is -2.26. The first kappa shape index (κ1) is 11.2. The van der Waals surface area contributed by atoms with Crippen LogP contribution in [0.3, 0.4) is 0 Å². The van der Waals surface area contributed by atoms with Crippen molar-refractivity contribution in [3.63, 3.8) is 0 Å². The predicted octanol–water partition coefficient (Wildman–Crippen LogP) is 1.05. The highest BCUT2D eigenvalue weighted by Gasteiger charge is 2.18. The van der Waals surface area contributed by atoms with Gasteiger partial charge in [0.15, 0.2) is 0 Å². The van der Waals surface area contributed by atoms with Crippen LogP contribution in [0.2, 0.25) is 0 Å². The number of para-hydroxylation sites is 1. The molecule has 0 bridgehead atoms. The fourth-order valence-corrected chi connectivity index (χ4v) is 2.38. The molecule has 6 heteroatoms. The molecule has 1 aliphatic rings. The first-order valence-corrected chi connectivity index (χ1v) is 6.69. The minimum atomic E-state index is -3.72. The van der Waals surface area contributed by atoms with Crippen LogP contribution in [-0.4, -0.2) is 14.5 Å². The summed E-state index contributed by atoms with van der Waals surface area (Å²) >= 11 is 0. The molecule has 1 unspecified atom stereocenters. The molecule has 88 valence electrons. The summed E-state index contributed by atoms with van der Waals surface area (Å²) < 4.78 is 24.3. The second-order valence-corrected chi connectivity index (χ2v) is 5.36. The Balaban J connectivity index is 2.39. The average Bonchev–Trinajstić information content (AvgIpc) is 2.17. The summed E-state index contributed by atoms with van der Waals surface area (Å²) in [6, 6.07) is 5.86. The van der Waals surface area contributed by atoms with Crippen molar-refractivity contribution in [2.45, 2.75) is 25.8 Å². The number of anilines is 2. The Morgan fingerprint density at radius 1 is 1.50 bits per heavy atom. The van der Waals surface area contributed by atoms with Crippen molar-refractivity contribution in [2.75, 3.05) is 10.0 Å². The Labute approximate surface area is 95.2 Å². The van der Waals surface area contributed by atoms with Gasteiger partial charge < -0.3 is 5.32 Å². The number of rotatable bonds is 2. The molecule has 1 aromatic rings. The Bertz CT molecular complexity index is 499. The third kappa shape index (κ3) is 2.45. The minimum Gasteiger partial charge on any atom is -0.381 e. The normalized spacial score (nSPS) is 19.8. The number of hydrogen-bond acceptors (Lipinski definition) is 3. The Kier molecular flexibility index (Phi) is 2.77. The fraction of sp³-hybridized carbons (Fsp3) is 0.400. The molecule has 0 fully saturated rings. The van der Waals surface area contributed by atoms with Gasteiger partial charge in [0.05, 0.1) is 11.4 Å². The lowest BCUT2D eigenvalue weighted by molar-refractivity contribution is 0.603. The molecule has 4 N–H and O–H groups in total. The van der Waals surface area contributed by atoms with Crippen LogP contribution in [0.25, 0.3) is 0 Å². The van der Waals surface area contributed by atoms with E-state index in [0.29, 0.717) is 11.7 Å². The first-order valence-electron chi connectivity index (χ1n) is 5.15. The predicted molar refractivity (Wildman–Crippen MR) is 64.6 cm³/mol. The Morgan fingerprint density at radius 3 is 2.94 bits per heavy atom. The van der Waals surface area contributed by atoms with Crippen LogP contribution in [0.15, 0.2) is 18.2 Å². The summed E-state index contributed by atoms with van der Waals surface area (Å²) in [5, 5.41) is 8.24. The number of hydrogen-bond donors (Lipinski definition) is 3. The topological polar surface area (TPSA) is 84.2 Å². The van der Waals surface area contributed by atoms with Crippen LogP contribution < -0.4 is 15.2 Å². The maximum atomic E-state index is 11.0. The number of nitrogens with two attached hydrogens (primary N) is 1. The zero-order chi connectivity index (χ0) is 11.8. The zero-order valence-corrected chi connectivity index (χ0v) is 9.84. The lowest BCUT2D eigenvalue weighted by atomic mass is 9.98. The monoisotopic (exact) mass is 241 g/mol. The molecular weight excluding hydrogens is 226 g/mol. The standard InChI is InChI=1S/C10H15N3O2S/c1-7-5-6-8-3-2-4-9(10(8)12-7)13-16(11,14)15/h2-4,7,12-13H,5-6H2,1H3,(H2,11,14,15). The Morgan fingerprint density at radius 2 is 2.25 bits per heavy atom. The molecule has 0 aromatic heterocycles. The molecule has 0 aliphatic carbocycles. The van der Waals surface area contributed by atoms with Gasteiger partial charge in [0.2, 0.25) is 0 Å². The van der Waals surface area contributed by atoms with Gasteiger partial charge in [-0.1, -0.05) is 12.1 Å². The zero-order valence-electron chi connectivity index (χ0n) is 9.03. The van der Waals surface area contributed by atoms with Gasteiger partial charge in [0.1, 0.15) is 0 Å². The summed E-state index contributed by atoms with van der Waals surface area (Å²) in [5.74, 6) is 0. The number of nitrogens with one attached hydrogen (secondary N) is 2. The summed E-state index contributed by atoms with van der Waals surface area (Å²) in [5.41, 5.74) is 2.48. The second-order valence-electron chi connectivity index (χ2n) is 4.07. The molecule has 5 nitrogen and oxygen atoms in total. The van der Waals surface area contributed by atoms with Crippen molar-refractivity contribution in [1.29, 1.82) is 0 Å². The van der Waals surface area contributed by atoms with Crippen molar-refractivity contribution in [3.8, 4) is 0 Å². The van der Waals surface area contributed by atoms with E-state index in [2.05, 4.69) is 17.0 Å². The highest BCUT2D eigenvalue weighted by molar-refractivity contribution is 7.90. The van der Waals surface area contributed by atoms with Crippen LogP contribution in [0.5, 0.6) is 0 Å². The van der Waals surface area contributed by atoms with Gasteiger partial charge in [0.25, 0.3) is 10.2 Å². The molecular formula is C10H15N3O2S. The molecule has 16 heavy (non-hydrogen) atoms. The highest BCUT2D eigenvalue weighted by Crippen LogP contribution is 2.32. The summed E-state index contributed by atoms with van der Waals surface area (Å²) in [4.78, 5) is 0. The summed E-state index contributed by atoms with van der Waals surface area (Å²) in [6.07, 6.45) is 2.00. The van der Waals surface area contributed by atoms with Gasteiger partial charge in [0, 0.05) is 6.04 Å². The Hall–Kier alpha value is -1.27. The van der Waals surface area contributed by atoms with E-state index in [0.717, 1.165) is 24.1 Å². The molecule has 1 atom stereocenters. The third-order valence-electron chi connectivity index (χ3n) is 2.64. The fourth-order valence-electron chi connectivity index (χ4n) is 1.91. The van der Waals surface area contributed by atoms with Gasteiger partial charge in [-0.05, 0) is 31.4 Å². The van der Waals surface area contributed by atoms with Crippen molar-refractivity contribution in [3.05, 3.63) is 23.8 Å². The van der Waals surface area contributed by atoms with Crippen molar-refractivity contribution < 1.29 is 8.42 Å². The summed E-state index contributed by atoms with van der Waals surface area (Å²) in [6.45, 7) is 2.07. The van der Waals surface area contributed by atoms with E-state index in [1.165, 1.54) is 0 Å². The van der Waals surface area contributed by atoms with Gasteiger partial charge in [-0.15, -0.1) is 0 Å². The lowest BCUT2D eigenvalue weighted by Gasteiger charge is -2.26. The smallest absolute Gasteiger partial charge is 0.296 e. The van der Waals surface area contributed by atoms with Crippen molar-refractivity contribution in [2.24, 2.45) is 5.14 Å². The van der Waals surface area contributed by atoms with Crippen molar-refractivity contribution in [1.82, 2.24) is 0 Å². The van der Waals surface area contributed by atoms with E-state index in [9.17, 15) is 8.42 Å². The van der Waals surface area contributed by atoms with Crippen LogP contribution in [-0.2, 0) is 16.6 Å². The number of benzene rings is 1. The molecule has 0 spiro atoms. The van der Waals surface area contributed by atoms with Gasteiger partial charge in [-0.2, -0.15) is 8.42 Å². The molecule has 1 aromatic carbocycles. The van der Waals surface area contributed by atoms with E-state index in [1.807, 2.05) is 12.1 Å². The van der Waals surface area contributed by atoms with E-state index in [4.69, 9.17) is 5.14 Å². The molecule has 0 saturated carbocycles. The van der Waals surface area contributed by atoms with E-state index in [1.54, 1.807) is 6.07 Å². The van der Waals surface area contributed by atoms with Crippen LogP contribution in [0, 0.1) is 0 Å². The minimum absolute atomic E-state index is 0.343. The third-order valence-corrected chi connectivity index (χ3v) is 3.14. The maximum absolute atomic E-state index is 11.0.